The molecule has 16 rings (SSSR count). The Kier molecular flexibility index (Phi) is 7.92. The molecule has 1 saturated carbocycles. The van der Waals surface area contributed by atoms with Gasteiger partial charge in [-0.3, -0.25) is 0 Å². The Morgan fingerprint density at radius 1 is 0.229 bits per heavy atom. The highest BCUT2D eigenvalue weighted by Gasteiger charge is 2.44. The van der Waals surface area contributed by atoms with Crippen LogP contribution in [0.15, 0.2) is 218 Å². The van der Waals surface area contributed by atoms with Gasteiger partial charge in [0.05, 0.1) is 0 Å². The van der Waals surface area contributed by atoms with Gasteiger partial charge in [-0.05, 0) is 178 Å². The van der Waals surface area contributed by atoms with Crippen molar-refractivity contribution in [1.29, 1.82) is 0 Å². The quantitative estimate of drug-likeness (QED) is 0.155. The van der Waals surface area contributed by atoms with E-state index in [-0.39, 0.29) is 5.41 Å². The first-order valence-corrected chi connectivity index (χ1v) is 25.4. The zero-order chi connectivity index (χ0) is 45.7. The third kappa shape index (κ3) is 5.26. The van der Waals surface area contributed by atoms with Crippen molar-refractivity contribution in [2.24, 2.45) is 0 Å². The van der Waals surface area contributed by atoms with Crippen molar-refractivity contribution in [3.8, 4) is 55.6 Å². The number of benzene rings is 14. The Hall–Kier alpha value is -8.32. The van der Waals surface area contributed by atoms with Crippen LogP contribution in [-0.4, -0.2) is 0 Å². The lowest BCUT2D eigenvalue weighted by atomic mass is 9.67. The average molecular weight is 887 g/mol. The SMILES string of the molecule is c1cc2ccc3ccc(-c4cccc5c(-c6ccc7c(c6)C6(CCCCC6)c6cc(-c8cccc9c(-c%10ccc%11ccc%12cccc%13ccc%10c%11c%12%13)cccc89)ccc6-7)cccc45)c4ccc(c1)c2c34. The lowest BCUT2D eigenvalue weighted by Crippen LogP contribution is -2.28. The topological polar surface area (TPSA) is 0 Å². The van der Waals surface area contributed by atoms with E-state index in [9.17, 15) is 0 Å². The van der Waals surface area contributed by atoms with E-state index in [0.29, 0.717) is 0 Å². The van der Waals surface area contributed by atoms with Crippen LogP contribution in [0.2, 0.25) is 0 Å². The maximum atomic E-state index is 2.60. The second-order valence-corrected chi connectivity index (χ2v) is 20.5. The normalized spacial score (nSPS) is 14.4. The summed E-state index contributed by atoms with van der Waals surface area (Å²) in [5.41, 5.74) is 16.3. The third-order valence-corrected chi connectivity index (χ3v) is 17.2. The molecule has 0 aliphatic heterocycles. The maximum Gasteiger partial charge on any atom is 0.0215 e. The minimum absolute atomic E-state index is 0.0101. The Bertz CT molecular complexity index is 4190. The Labute approximate surface area is 406 Å². The van der Waals surface area contributed by atoms with E-state index < -0.39 is 0 Å². The molecule has 2 aliphatic rings. The van der Waals surface area contributed by atoms with Crippen LogP contribution >= 0.6 is 0 Å². The molecule has 0 nitrogen and oxygen atoms in total. The van der Waals surface area contributed by atoms with E-state index in [1.165, 1.54) is 185 Å². The third-order valence-electron chi connectivity index (χ3n) is 17.2. The van der Waals surface area contributed by atoms with Crippen molar-refractivity contribution in [2.75, 3.05) is 0 Å². The lowest BCUT2D eigenvalue weighted by molar-refractivity contribution is 0.353. The van der Waals surface area contributed by atoms with E-state index in [4.69, 9.17) is 0 Å². The molecule has 0 saturated heterocycles. The van der Waals surface area contributed by atoms with Crippen molar-refractivity contribution in [1.82, 2.24) is 0 Å². The average Bonchev–Trinajstić information content (AvgIpc) is 3.68. The summed E-state index contributed by atoms with van der Waals surface area (Å²) in [5, 5.41) is 21.1. The summed E-state index contributed by atoms with van der Waals surface area (Å²) in [5.74, 6) is 0. The van der Waals surface area contributed by atoms with E-state index in [1.807, 2.05) is 0 Å². The second-order valence-electron chi connectivity index (χ2n) is 20.5. The van der Waals surface area contributed by atoms with E-state index in [0.717, 1.165) is 0 Å². The Balaban J connectivity index is 0.817. The molecule has 0 amide bonds. The van der Waals surface area contributed by atoms with Crippen molar-refractivity contribution >= 4 is 86.2 Å². The zero-order valence-corrected chi connectivity index (χ0v) is 38.8. The van der Waals surface area contributed by atoms with Gasteiger partial charge in [0.15, 0.2) is 0 Å². The molecule has 0 atom stereocenters. The van der Waals surface area contributed by atoms with Crippen LogP contribution in [-0.2, 0) is 5.41 Å². The largest absolute Gasteiger partial charge is 0.0610 e. The van der Waals surface area contributed by atoms with Gasteiger partial charge in [-0.2, -0.15) is 0 Å². The van der Waals surface area contributed by atoms with Crippen LogP contribution in [0.25, 0.3) is 142 Å². The van der Waals surface area contributed by atoms with Gasteiger partial charge < -0.3 is 0 Å². The monoisotopic (exact) mass is 886 g/mol. The van der Waals surface area contributed by atoms with Crippen molar-refractivity contribution in [3.63, 3.8) is 0 Å². The number of hydrogen-bond acceptors (Lipinski definition) is 0. The highest BCUT2D eigenvalue weighted by atomic mass is 14.5. The molecule has 0 heterocycles. The number of rotatable bonds is 4. The molecular formula is C70H46. The molecule has 0 N–H and O–H groups in total. The molecule has 14 aromatic carbocycles. The van der Waals surface area contributed by atoms with Crippen LogP contribution < -0.4 is 0 Å². The smallest absolute Gasteiger partial charge is 0.0215 e. The first-order chi connectivity index (χ1) is 34.7. The fraction of sp³-hybridized carbons (Fsp3) is 0.0857. The van der Waals surface area contributed by atoms with Gasteiger partial charge in [0, 0.05) is 5.41 Å². The molecule has 2 aliphatic carbocycles. The van der Waals surface area contributed by atoms with Gasteiger partial charge in [0.25, 0.3) is 0 Å². The van der Waals surface area contributed by atoms with Gasteiger partial charge in [0.2, 0.25) is 0 Å². The molecule has 0 unspecified atom stereocenters. The molecular weight excluding hydrogens is 841 g/mol. The fourth-order valence-corrected chi connectivity index (χ4v) is 14.1. The predicted octanol–water partition coefficient (Wildman–Crippen LogP) is 19.7. The van der Waals surface area contributed by atoms with Gasteiger partial charge in [0.1, 0.15) is 0 Å². The molecule has 1 fully saturated rings. The molecule has 0 aromatic heterocycles. The van der Waals surface area contributed by atoms with Crippen molar-refractivity contribution < 1.29 is 0 Å². The molecule has 326 valence electrons. The molecule has 14 aromatic rings. The van der Waals surface area contributed by atoms with Gasteiger partial charge in [-0.1, -0.05) is 226 Å². The number of hydrogen-bond donors (Lipinski definition) is 0. The lowest BCUT2D eigenvalue weighted by Gasteiger charge is -2.36. The van der Waals surface area contributed by atoms with Crippen molar-refractivity contribution in [2.45, 2.75) is 37.5 Å². The van der Waals surface area contributed by atoms with Gasteiger partial charge in [-0.25, -0.2) is 0 Å². The minimum atomic E-state index is -0.0101. The Morgan fingerprint density at radius 3 is 1.00 bits per heavy atom. The second kappa shape index (κ2) is 14.4. The molecule has 0 bridgehead atoms. The van der Waals surface area contributed by atoms with E-state index >= 15 is 0 Å². The first-order valence-electron chi connectivity index (χ1n) is 25.4. The molecule has 1 spiro atoms. The van der Waals surface area contributed by atoms with E-state index in [2.05, 4.69) is 218 Å². The highest BCUT2D eigenvalue weighted by Crippen LogP contribution is 2.58. The minimum Gasteiger partial charge on any atom is -0.0610 e. The van der Waals surface area contributed by atoms with Crippen LogP contribution in [0.3, 0.4) is 0 Å². The molecule has 0 radical (unpaired) electrons. The molecule has 70 heavy (non-hydrogen) atoms. The van der Waals surface area contributed by atoms with E-state index in [1.54, 1.807) is 0 Å². The summed E-state index contributed by atoms with van der Waals surface area (Å²) in [7, 11) is 0. The van der Waals surface area contributed by atoms with Crippen LogP contribution in [0.1, 0.15) is 43.2 Å². The molecule has 0 heteroatoms. The predicted molar refractivity (Wildman–Crippen MR) is 300 cm³/mol. The fourth-order valence-electron chi connectivity index (χ4n) is 14.1. The number of fused-ring (bicyclic) bond motifs is 7. The van der Waals surface area contributed by atoms with Crippen LogP contribution in [0.4, 0.5) is 0 Å². The van der Waals surface area contributed by atoms with Crippen LogP contribution in [0, 0.1) is 0 Å². The summed E-state index contributed by atoms with van der Waals surface area (Å²) in [6.07, 6.45) is 6.17. The zero-order valence-electron chi connectivity index (χ0n) is 38.8. The van der Waals surface area contributed by atoms with Gasteiger partial charge in [-0.15, -0.1) is 0 Å². The van der Waals surface area contributed by atoms with Gasteiger partial charge >= 0.3 is 0 Å². The maximum absolute atomic E-state index is 2.60. The van der Waals surface area contributed by atoms with Crippen molar-refractivity contribution in [3.05, 3.63) is 230 Å². The Morgan fingerprint density at radius 2 is 0.557 bits per heavy atom. The summed E-state index contributed by atoms with van der Waals surface area (Å²) in [6.45, 7) is 0. The first kappa shape index (κ1) is 38.6. The summed E-state index contributed by atoms with van der Waals surface area (Å²) in [6, 6.07) is 83.9. The standard InChI is InChI=1S/C70H46/c1-2-38-70(39-3-1)64-40-48(50-14-6-18-54-52(50)16-8-20-56(54)58-32-26-46-24-22-42-10-4-12-44-28-36-62(58)68(46)66(42)44)30-34-60(64)61-35-31-49(41-65(61)70)51-15-7-19-55-53(51)17-9-21-57(55)59-33-27-47-25-23-43-11-5-13-45-29-37-63(59)69(47)67(43)45/h4-37,40-41H,1-3,38-39H2. The summed E-state index contributed by atoms with van der Waals surface area (Å²) in [4.78, 5) is 0. The van der Waals surface area contributed by atoms with Crippen LogP contribution in [0.5, 0.6) is 0 Å². The summed E-state index contributed by atoms with van der Waals surface area (Å²) >= 11 is 0. The summed E-state index contributed by atoms with van der Waals surface area (Å²) < 4.78 is 0. The highest BCUT2D eigenvalue weighted by molar-refractivity contribution is 6.28.